The van der Waals surface area contributed by atoms with Crippen molar-refractivity contribution in [3.63, 3.8) is 0 Å². The molecule has 1 aromatic carbocycles. The molecule has 2 aliphatic rings. The van der Waals surface area contributed by atoms with E-state index in [0.717, 1.165) is 23.7 Å². The number of hydrogen-bond donors (Lipinski definition) is 1. The fourth-order valence-corrected chi connectivity index (χ4v) is 2.37. The molecule has 0 bridgehead atoms. The van der Waals surface area contributed by atoms with Crippen molar-refractivity contribution >= 4 is 5.69 Å². The number of halogens is 1. The Morgan fingerprint density at radius 3 is 2.59 bits per heavy atom. The third kappa shape index (κ3) is 2.44. The van der Waals surface area contributed by atoms with Gasteiger partial charge >= 0.3 is 0 Å². The van der Waals surface area contributed by atoms with E-state index in [-0.39, 0.29) is 12.4 Å². The van der Waals surface area contributed by atoms with E-state index in [1.54, 1.807) is 0 Å². The van der Waals surface area contributed by atoms with Crippen molar-refractivity contribution in [2.45, 2.75) is 38.3 Å². The molecule has 3 heteroatoms. The van der Waals surface area contributed by atoms with E-state index in [0.29, 0.717) is 6.04 Å². The van der Waals surface area contributed by atoms with E-state index >= 15 is 0 Å². The van der Waals surface area contributed by atoms with E-state index in [1.807, 2.05) is 6.07 Å². The van der Waals surface area contributed by atoms with Gasteiger partial charge in [0.1, 0.15) is 5.82 Å². The van der Waals surface area contributed by atoms with Crippen molar-refractivity contribution < 1.29 is 9.50 Å². The van der Waals surface area contributed by atoms with Crippen molar-refractivity contribution in [2.75, 3.05) is 11.4 Å². The first-order chi connectivity index (χ1) is 8.28. The normalized spacial score (nSPS) is 19.4. The fraction of sp³-hybridized carbons (Fsp3) is 0.571. The Hall–Kier alpha value is -1.09. The Balaban J connectivity index is 1.87. The second kappa shape index (κ2) is 4.30. The highest BCUT2D eigenvalue weighted by atomic mass is 19.1. The van der Waals surface area contributed by atoms with Crippen molar-refractivity contribution in [1.82, 2.24) is 0 Å². The van der Waals surface area contributed by atoms with Crippen molar-refractivity contribution in [2.24, 2.45) is 5.92 Å². The average molecular weight is 235 g/mol. The fourth-order valence-electron chi connectivity index (χ4n) is 2.37. The molecular formula is C14H18FNO. The minimum atomic E-state index is -0.264. The maximum atomic E-state index is 13.2. The van der Waals surface area contributed by atoms with Crippen molar-refractivity contribution in [1.29, 1.82) is 0 Å². The first kappa shape index (κ1) is 11.0. The van der Waals surface area contributed by atoms with Gasteiger partial charge in [-0.2, -0.15) is 0 Å². The molecule has 2 fully saturated rings. The third-order valence-electron chi connectivity index (χ3n) is 3.66. The molecule has 17 heavy (non-hydrogen) atoms. The van der Waals surface area contributed by atoms with E-state index in [4.69, 9.17) is 0 Å². The van der Waals surface area contributed by atoms with E-state index in [9.17, 15) is 9.50 Å². The SMILES string of the molecule is OCc1cc(F)ccc1N(CC1CC1)C1CC1. The lowest BCUT2D eigenvalue weighted by molar-refractivity contribution is 0.281. The summed E-state index contributed by atoms with van der Waals surface area (Å²) in [5, 5.41) is 9.35. The summed E-state index contributed by atoms with van der Waals surface area (Å²) in [7, 11) is 0. The zero-order valence-electron chi connectivity index (χ0n) is 9.90. The molecule has 2 aliphatic carbocycles. The van der Waals surface area contributed by atoms with Crippen LogP contribution in [0.5, 0.6) is 0 Å². The summed E-state index contributed by atoms with van der Waals surface area (Å²) < 4.78 is 13.2. The van der Waals surface area contributed by atoms with E-state index < -0.39 is 0 Å². The molecule has 0 saturated heterocycles. The van der Waals surface area contributed by atoms with Crippen LogP contribution in [-0.4, -0.2) is 17.7 Å². The average Bonchev–Trinajstić information content (AvgIpc) is 3.18. The van der Waals surface area contributed by atoms with E-state index in [2.05, 4.69) is 4.90 Å². The number of hydrogen-bond acceptors (Lipinski definition) is 2. The smallest absolute Gasteiger partial charge is 0.123 e. The van der Waals surface area contributed by atoms with Crippen LogP contribution < -0.4 is 4.90 Å². The molecule has 0 aliphatic heterocycles. The predicted octanol–water partition coefficient (Wildman–Crippen LogP) is 2.70. The van der Waals surface area contributed by atoms with Gasteiger partial charge in [-0.1, -0.05) is 0 Å². The molecule has 0 spiro atoms. The largest absolute Gasteiger partial charge is 0.392 e. The van der Waals surface area contributed by atoms with Gasteiger partial charge in [-0.3, -0.25) is 0 Å². The third-order valence-corrected chi connectivity index (χ3v) is 3.66. The highest BCUT2D eigenvalue weighted by molar-refractivity contribution is 5.55. The first-order valence-corrected chi connectivity index (χ1v) is 6.44. The van der Waals surface area contributed by atoms with Gasteiger partial charge in [0.05, 0.1) is 6.61 Å². The summed E-state index contributed by atoms with van der Waals surface area (Å²) in [4.78, 5) is 2.38. The monoisotopic (exact) mass is 235 g/mol. The number of aliphatic hydroxyl groups excluding tert-OH is 1. The van der Waals surface area contributed by atoms with Crippen LogP contribution in [0.2, 0.25) is 0 Å². The summed E-state index contributed by atoms with van der Waals surface area (Å²) in [6, 6.07) is 5.39. The molecule has 0 radical (unpaired) electrons. The zero-order chi connectivity index (χ0) is 11.8. The number of anilines is 1. The molecule has 0 unspecified atom stereocenters. The molecule has 1 N–H and O–H groups in total. The van der Waals surface area contributed by atoms with Gasteiger partial charge in [0, 0.05) is 23.8 Å². The Morgan fingerprint density at radius 1 is 1.24 bits per heavy atom. The van der Waals surface area contributed by atoms with Crippen LogP contribution >= 0.6 is 0 Å². The number of nitrogens with zero attached hydrogens (tertiary/aromatic N) is 1. The number of rotatable bonds is 5. The van der Waals surface area contributed by atoms with Crippen LogP contribution in [0.25, 0.3) is 0 Å². The summed E-state index contributed by atoms with van der Waals surface area (Å²) in [6.07, 6.45) is 5.10. The van der Waals surface area contributed by atoms with Crippen LogP contribution in [0.3, 0.4) is 0 Å². The van der Waals surface area contributed by atoms with Crippen LogP contribution in [0.4, 0.5) is 10.1 Å². The Morgan fingerprint density at radius 2 is 2.00 bits per heavy atom. The van der Waals surface area contributed by atoms with Gasteiger partial charge < -0.3 is 10.0 Å². The van der Waals surface area contributed by atoms with Crippen molar-refractivity contribution in [3.8, 4) is 0 Å². The maximum absolute atomic E-state index is 13.2. The topological polar surface area (TPSA) is 23.5 Å². The van der Waals surface area contributed by atoms with Crippen LogP contribution in [0.15, 0.2) is 18.2 Å². The summed E-state index contributed by atoms with van der Waals surface area (Å²) in [6.45, 7) is 0.990. The number of aliphatic hydroxyl groups is 1. The van der Waals surface area contributed by atoms with Crippen molar-refractivity contribution in [3.05, 3.63) is 29.6 Å². The van der Waals surface area contributed by atoms with Gasteiger partial charge in [0.15, 0.2) is 0 Å². The number of benzene rings is 1. The molecule has 2 nitrogen and oxygen atoms in total. The lowest BCUT2D eigenvalue weighted by Gasteiger charge is -2.27. The van der Waals surface area contributed by atoms with Crippen LogP contribution in [0, 0.1) is 11.7 Å². The highest BCUT2D eigenvalue weighted by Crippen LogP contribution is 2.39. The molecule has 92 valence electrons. The van der Waals surface area contributed by atoms with Gasteiger partial charge in [-0.25, -0.2) is 4.39 Å². The van der Waals surface area contributed by atoms with Gasteiger partial charge in [0.25, 0.3) is 0 Å². The molecule has 0 amide bonds. The summed E-state index contributed by atoms with van der Waals surface area (Å²) >= 11 is 0. The molecule has 3 rings (SSSR count). The summed E-state index contributed by atoms with van der Waals surface area (Å²) in [5.41, 5.74) is 1.75. The quantitative estimate of drug-likeness (QED) is 0.848. The minimum absolute atomic E-state index is 0.0824. The first-order valence-electron chi connectivity index (χ1n) is 6.44. The Bertz CT molecular complexity index is 413. The molecule has 0 aromatic heterocycles. The minimum Gasteiger partial charge on any atom is -0.392 e. The Kier molecular flexibility index (Phi) is 2.79. The lowest BCUT2D eigenvalue weighted by atomic mass is 10.1. The van der Waals surface area contributed by atoms with Crippen LogP contribution in [0.1, 0.15) is 31.2 Å². The Labute approximate surface area is 101 Å². The molecule has 1 aromatic rings. The van der Waals surface area contributed by atoms with Gasteiger partial charge in [-0.15, -0.1) is 0 Å². The van der Waals surface area contributed by atoms with Gasteiger partial charge in [0.2, 0.25) is 0 Å². The summed E-state index contributed by atoms with van der Waals surface area (Å²) in [5.74, 6) is 0.548. The molecule has 0 heterocycles. The zero-order valence-corrected chi connectivity index (χ0v) is 9.90. The van der Waals surface area contributed by atoms with Crippen LogP contribution in [-0.2, 0) is 6.61 Å². The van der Waals surface area contributed by atoms with Gasteiger partial charge in [-0.05, 0) is 49.8 Å². The second-order valence-corrected chi connectivity index (χ2v) is 5.26. The van der Waals surface area contributed by atoms with E-state index in [1.165, 1.54) is 37.8 Å². The maximum Gasteiger partial charge on any atom is 0.123 e. The molecule has 2 saturated carbocycles. The second-order valence-electron chi connectivity index (χ2n) is 5.26. The highest BCUT2D eigenvalue weighted by Gasteiger charge is 2.34. The predicted molar refractivity (Wildman–Crippen MR) is 65.4 cm³/mol. The lowest BCUT2D eigenvalue weighted by Crippen LogP contribution is -2.29. The standard InChI is InChI=1S/C14H18FNO/c15-12-3-6-14(11(7-12)9-17)16(13-4-5-13)8-10-1-2-10/h3,6-7,10,13,17H,1-2,4-5,8-9H2. The molecule has 0 atom stereocenters. The molecular weight excluding hydrogens is 217 g/mol.